The molecule has 0 aliphatic carbocycles. The molecule has 2 N–H and O–H groups in total. The van der Waals surface area contributed by atoms with Gasteiger partial charge >= 0.3 is 5.97 Å². The Hall–Kier alpha value is -1.95. The monoisotopic (exact) mass is 239 g/mol. The van der Waals surface area contributed by atoms with Crippen molar-refractivity contribution in [2.24, 2.45) is 0 Å². The van der Waals surface area contributed by atoms with Crippen molar-refractivity contribution in [3.8, 4) is 0 Å². The van der Waals surface area contributed by atoms with Crippen LogP contribution in [0.2, 0.25) is 0 Å². The topological polar surface area (TPSA) is 101 Å². The summed E-state index contributed by atoms with van der Waals surface area (Å²) in [5.41, 5.74) is -0.893. The Morgan fingerprint density at radius 2 is 2.12 bits per heavy atom. The van der Waals surface area contributed by atoms with E-state index in [4.69, 9.17) is 5.11 Å². The minimum atomic E-state index is -1.93. The molecule has 92 valence electrons. The number of nitro groups is 1. The number of nitro benzene ring substituents is 1. The fraction of sp³-hybridized carbons (Fsp3) is 0.364. The van der Waals surface area contributed by atoms with Crippen molar-refractivity contribution in [3.05, 3.63) is 39.4 Å². The highest BCUT2D eigenvalue weighted by molar-refractivity contribution is 5.77. The average molecular weight is 239 g/mol. The predicted octanol–water partition coefficient (Wildman–Crippen LogP) is 1.28. The van der Waals surface area contributed by atoms with Crippen molar-refractivity contribution in [2.45, 2.75) is 25.9 Å². The third kappa shape index (κ3) is 3.01. The first-order valence-electron chi connectivity index (χ1n) is 4.94. The summed E-state index contributed by atoms with van der Waals surface area (Å²) in [6.07, 6.45) is -0.171. The summed E-state index contributed by atoms with van der Waals surface area (Å²) < 4.78 is 0. The lowest BCUT2D eigenvalue weighted by Crippen LogP contribution is -2.37. The maximum atomic E-state index is 10.8. The smallest absolute Gasteiger partial charge is 0.335 e. The Balaban J connectivity index is 3.10. The van der Waals surface area contributed by atoms with E-state index in [-0.39, 0.29) is 12.1 Å². The average Bonchev–Trinajstić information content (AvgIpc) is 2.20. The number of aliphatic hydroxyl groups is 1. The van der Waals surface area contributed by atoms with Crippen molar-refractivity contribution in [1.82, 2.24) is 0 Å². The Labute approximate surface area is 97.7 Å². The molecular weight excluding hydrogens is 226 g/mol. The van der Waals surface area contributed by atoms with E-state index >= 15 is 0 Å². The zero-order chi connectivity index (χ0) is 13.2. The van der Waals surface area contributed by atoms with Crippen LogP contribution >= 0.6 is 0 Å². The Bertz CT molecular complexity index is 467. The molecule has 0 saturated carbocycles. The molecule has 0 radical (unpaired) electrons. The van der Waals surface area contributed by atoms with Gasteiger partial charge in [-0.1, -0.05) is 6.07 Å². The van der Waals surface area contributed by atoms with Crippen LogP contribution in [0.25, 0.3) is 0 Å². The number of benzene rings is 1. The van der Waals surface area contributed by atoms with E-state index in [1.54, 1.807) is 6.92 Å². The molecular formula is C11H13NO5. The van der Waals surface area contributed by atoms with Crippen LogP contribution in [0.1, 0.15) is 18.1 Å². The molecule has 0 spiro atoms. The molecule has 6 heteroatoms. The highest BCUT2D eigenvalue weighted by atomic mass is 16.6. The first-order valence-corrected chi connectivity index (χ1v) is 4.94. The Morgan fingerprint density at radius 1 is 1.53 bits per heavy atom. The lowest BCUT2D eigenvalue weighted by atomic mass is 9.93. The van der Waals surface area contributed by atoms with Crippen LogP contribution < -0.4 is 0 Å². The van der Waals surface area contributed by atoms with Crippen molar-refractivity contribution >= 4 is 11.7 Å². The lowest BCUT2D eigenvalue weighted by molar-refractivity contribution is -0.384. The highest BCUT2D eigenvalue weighted by Crippen LogP contribution is 2.22. The van der Waals surface area contributed by atoms with Gasteiger partial charge in [0.2, 0.25) is 0 Å². The third-order valence-corrected chi connectivity index (χ3v) is 2.54. The van der Waals surface area contributed by atoms with Gasteiger partial charge in [-0.05, 0) is 25.0 Å². The summed E-state index contributed by atoms with van der Waals surface area (Å²) in [6.45, 7) is 2.87. The lowest BCUT2D eigenvalue weighted by Gasteiger charge is -2.18. The van der Waals surface area contributed by atoms with Crippen molar-refractivity contribution in [1.29, 1.82) is 0 Å². The largest absolute Gasteiger partial charge is 0.479 e. The second-order valence-electron chi connectivity index (χ2n) is 4.12. The standard InChI is InChI=1S/C11H13NO5/c1-7-3-4-9(12(16)17)5-8(7)6-11(2,15)10(13)14/h3-5,15H,6H2,1-2H3,(H,13,14). The molecule has 6 nitrogen and oxygen atoms in total. The van der Waals surface area contributed by atoms with Crippen LogP contribution in [0.5, 0.6) is 0 Å². The first kappa shape index (κ1) is 13.1. The number of nitrogens with zero attached hydrogens (tertiary/aromatic N) is 1. The van der Waals surface area contributed by atoms with Gasteiger partial charge in [-0.25, -0.2) is 4.79 Å². The summed E-state index contributed by atoms with van der Waals surface area (Å²) >= 11 is 0. The Kier molecular flexibility index (Phi) is 3.47. The van der Waals surface area contributed by atoms with Gasteiger partial charge in [0.1, 0.15) is 0 Å². The normalized spacial score (nSPS) is 14.1. The van der Waals surface area contributed by atoms with Gasteiger partial charge < -0.3 is 10.2 Å². The van der Waals surface area contributed by atoms with Crippen molar-refractivity contribution < 1.29 is 19.9 Å². The van der Waals surface area contributed by atoms with Crippen LogP contribution in [-0.4, -0.2) is 26.7 Å². The van der Waals surface area contributed by atoms with E-state index in [1.807, 2.05) is 0 Å². The predicted molar refractivity (Wildman–Crippen MR) is 59.8 cm³/mol. The summed E-state index contributed by atoms with van der Waals surface area (Å²) in [6, 6.07) is 4.16. The van der Waals surface area contributed by atoms with E-state index in [9.17, 15) is 20.0 Å². The zero-order valence-corrected chi connectivity index (χ0v) is 9.51. The van der Waals surface area contributed by atoms with Crippen LogP contribution in [0.3, 0.4) is 0 Å². The van der Waals surface area contributed by atoms with Crippen molar-refractivity contribution in [2.75, 3.05) is 0 Å². The minimum Gasteiger partial charge on any atom is -0.479 e. The number of hydrogen-bond acceptors (Lipinski definition) is 4. The molecule has 1 aromatic carbocycles. The molecule has 0 heterocycles. The van der Waals surface area contributed by atoms with Gasteiger partial charge in [-0.3, -0.25) is 10.1 Å². The molecule has 0 amide bonds. The van der Waals surface area contributed by atoms with Crippen molar-refractivity contribution in [3.63, 3.8) is 0 Å². The van der Waals surface area contributed by atoms with Gasteiger partial charge in [0.25, 0.3) is 5.69 Å². The molecule has 1 aromatic rings. The molecule has 17 heavy (non-hydrogen) atoms. The molecule has 0 saturated heterocycles. The van der Waals surface area contributed by atoms with Gasteiger partial charge in [0, 0.05) is 18.6 Å². The quantitative estimate of drug-likeness (QED) is 0.608. The second kappa shape index (κ2) is 4.50. The van der Waals surface area contributed by atoms with Crippen LogP contribution in [0, 0.1) is 17.0 Å². The number of hydrogen-bond donors (Lipinski definition) is 2. The fourth-order valence-corrected chi connectivity index (χ4v) is 1.41. The third-order valence-electron chi connectivity index (χ3n) is 2.54. The zero-order valence-electron chi connectivity index (χ0n) is 9.51. The second-order valence-corrected chi connectivity index (χ2v) is 4.12. The van der Waals surface area contributed by atoms with Gasteiger partial charge in [-0.2, -0.15) is 0 Å². The first-order chi connectivity index (χ1) is 7.74. The molecule has 0 fully saturated rings. The molecule has 0 bridgehead atoms. The number of carboxylic acids is 1. The Morgan fingerprint density at radius 3 is 2.59 bits per heavy atom. The summed E-state index contributed by atoms with van der Waals surface area (Å²) in [4.78, 5) is 20.8. The van der Waals surface area contributed by atoms with E-state index in [0.717, 1.165) is 6.92 Å². The highest BCUT2D eigenvalue weighted by Gasteiger charge is 2.31. The molecule has 0 aromatic heterocycles. The van der Waals surface area contributed by atoms with Crippen LogP contribution in [0.4, 0.5) is 5.69 Å². The number of carboxylic acid groups (broad SMARTS) is 1. The summed E-state index contributed by atoms with van der Waals surface area (Å²) in [5.74, 6) is -1.36. The fourth-order valence-electron chi connectivity index (χ4n) is 1.41. The molecule has 1 unspecified atom stereocenters. The maximum absolute atomic E-state index is 10.8. The molecule has 1 atom stereocenters. The number of aryl methyl sites for hydroxylation is 1. The van der Waals surface area contributed by atoms with Gasteiger partial charge in [0.15, 0.2) is 5.60 Å². The molecule has 0 aliphatic rings. The SMILES string of the molecule is Cc1ccc([N+](=O)[O-])cc1CC(C)(O)C(=O)O. The van der Waals surface area contributed by atoms with Crippen LogP contribution in [0.15, 0.2) is 18.2 Å². The van der Waals surface area contributed by atoms with Gasteiger partial charge in [-0.15, -0.1) is 0 Å². The minimum absolute atomic E-state index is 0.119. The number of rotatable bonds is 4. The molecule has 1 rings (SSSR count). The van der Waals surface area contributed by atoms with E-state index in [1.165, 1.54) is 18.2 Å². The summed E-state index contributed by atoms with van der Waals surface area (Å²) in [5, 5.41) is 29.0. The van der Waals surface area contributed by atoms with Gasteiger partial charge in [0.05, 0.1) is 4.92 Å². The molecule has 0 aliphatic heterocycles. The van der Waals surface area contributed by atoms with Crippen LogP contribution in [-0.2, 0) is 11.2 Å². The van der Waals surface area contributed by atoms with E-state index < -0.39 is 16.5 Å². The van der Waals surface area contributed by atoms with E-state index in [0.29, 0.717) is 11.1 Å². The van der Waals surface area contributed by atoms with E-state index in [2.05, 4.69) is 0 Å². The maximum Gasteiger partial charge on any atom is 0.335 e. The number of non-ortho nitro benzene ring substituents is 1. The summed E-state index contributed by atoms with van der Waals surface area (Å²) in [7, 11) is 0. The number of aliphatic carboxylic acids is 1. The number of carbonyl (C=O) groups is 1.